The molecule has 2 aromatic rings. The van der Waals surface area contributed by atoms with Crippen LogP contribution in [0.2, 0.25) is 0 Å². The number of hydrogen-bond donors (Lipinski definition) is 1. The Morgan fingerprint density at radius 2 is 2.10 bits per heavy atom. The summed E-state index contributed by atoms with van der Waals surface area (Å²) in [6, 6.07) is 7.91. The molecule has 2 fully saturated rings. The minimum absolute atomic E-state index is 0.436. The van der Waals surface area contributed by atoms with Gasteiger partial charge in [0.05, 0.1) is 17.9 Å². The predicted molar refractivity (Wildman–Crippen MR) is 74.9 cm³/mol. The van der Waals surface area contributed by atoms with E-state index in [0.717, 1.165) is 11.4 Å². The number of pyridine rings is 1. The van der Waals surface area contributed by atoms with E-state index in [1.54, 1.807) is 6.20 Å². The van der Waals surface area contributed by atoms with Gasteiger partial charge in [-0.05, 0) is 30.0 Å². The second-order valence-corrected chi connectivity index (χ2v) is 5.80. The Hall–Kier alpha value is -2.37. The minimum atomic E-state index is -0.804. The molecule has 4 rings (SSSR count). The quantitative estimate of drug-likeness (QED) is 0.930. The summed E-state index contributed by atoms with van der Waals surface area (Å²) in [5.41, 5.74) is 2.08. The fourth-order valence-corrected chi connectivity index (χ4v) is 3.42. The number of nitrogens with zero attached hydrogens (tertiary/aromatic N) is 4. The van der Waals surface area contributed by atoms with Gasteiger partial charge in [0, 0.05) is 31.4 Å². The van der Waals surface area contributed by atoms with E-state index in [0.29, 0.717) is 37.4 Å². The van der Waals surface area contributed by atoms with E-state index in [9.17, 15) is 4.79 Å². The second kappa shape index (κ2) is 4.58. The largest absolute Gasteiger partial charge is 0.465 e. The van der Waals surface area contributed by atoms with Crippen LogP contribution < -0.4 is 0 Å². The van der Waals surface area contributed by atoms with Crippen molar-refractivity contribution in [3.05, 3.63) is 48.0 Å². The van der Waals surface area contributed by atoms with Crippen molar-refractivity contribution in [2.24, 2.45) is 11.8 Å². The van der Waals surface area contributed by atoms with Gasteiger partial charge >= 0.3 is 6.09 Å². The monoisotopic (exact) mass is 284 g/mol. The fourth-order valence-electron chi connectivity index (χ4n) is 3.42. The van der Waals surface area contributed by atoms with E-state index >= 15 is 0 Å². The van der Waals surface area contributed by atoms with E-state index < -0.39 is 6.09 Å². The molecule has 0 bridgehead atoms. The minimum Gasteiger partial charge on any atom is -0.465 e. The maximum atomic E-state index is 10.9. The van der Waals surface area contributed by atoms with Crippen LogP contribution in [-0.2, 0) is 6.54 Å². The van der Waals surface area contributed by atoms with Crippen LogP contribution >= 0.6 is 0 Å². The molecule has 108 valence electrons. The number of aromatic nitrogens is 3. The van der Waals surface area contributed by atoms with Crippen molar-refractivity contribution in [3.8, 4) is 0 Å². The number of carbonyl (C=O) groups is 1. The molecule has 1 aliphatic heterocycles. The van der Waals surface area contributed by atoms with E-state index in [-0.39, 0.29) is 0 Å². The van der Waals surface area contributed by atoms with E-state index in [2.05, 4.69) is 16.1 Å². The Morgan fingerprint density at radius 3 is 2.76 bits per heavy atom. The van der Waals surface area contributed by atoms with Crippen LogP contribution in [0.25, 0.3) is 0 Å². The maximum Gasteiger partial charge on any atom is 0.407 e. The Balaban J connectivity index is 1.42. The average molecular weight is 284 g/mol. The summed E-state index contributed by atoms with van der Waals surface area (Å²) in [6.07, 6.45) is 2.96. The molecule has 2 aliphatic rings. The third-order valence-corrected chi connectivity index (χ3v) is 4.52. The first-order valence-electron chi connectivity index (χ1n) is 7.13. The zero-order valence-corrected chi connectivity index (χ0v) is 11.5. The molecule has 6 heteroatoms. The number of likely N-dealkylation sites (tertiary alicyclic amines) is 1. The van der Waals surface area contributed by atoms with Crippen molar-refractivity contribution in [3.63, 3.8) is 0 Å². The number of hydrogen-bond acceptors (Lipinski definition) is 3. The van der Waals surface area contributed by atoms with Gasteiger partial charge in [0.15, 0.2) is 0 Å². The van der Waals surface area contributed by atoms with Crippen molar-refractivity contribution >= 4 is 6.09 Å². The van der Waals surface area contributed by atoms with Gasteiger partial charge < -0.3 is 10.0 Å². The molecule has 1 aliphatic carbocycles. The highest BCUT2D eigenvalue weighted by molar-refractivity contribution is 5.66. The van der Waals surface area contributed by atoms with Gasteiger partial charge in [-0.2, -0.15) is 5.10 Å². The van der Waals surface area contributed by atoms with Gasteiger partial charge in [0.25, 0.3) is 0 Å². The van der Waals surface area contributed by atoms with Crippen LogP contribution in [0.3, 0.4) is 0 Å². The number of fused-ring (bicyclic) bond motifs is 1. The molecule has 1 saturated heterocycles. The first-order valence-corrected chi connectivity index (χ1v) is 7.13. The Bertz CT molecular complexity index is 657. The lowest BCUT2D eigenvalue weighted by atomic mass is 10.2. The van der Waals surface area contributed by atoms with E-state index in [1.807, 2.05) is 29.1 Å². The number of rotatable bonds is 3. The summed E-state index contributed by atoms with van der Waals surface area (Å²) < 4.78 is 1.90. The summed E-state index contributed by atoms with van der Waals surface area (Å²) in [5, 5.41) is 13.6. The molecule has 0 radical (unpaired) electrons. The smallest absolute Gasteiger partial charge is 0.407 e. The van der Waals surface area contributed by atoms with Crippen molar-refractivity contribution in [2.75, 3.05) is 13.1 Å². The summed E-state index contributed by atoms with van der Waals surface area (Å²) in [6.45, 7) is 1.97. The van der Waals surface area contributed by atoms with Crippen LogP contribution in [0.1, 0.15) is 17.3 Å². The molecule has 3 heterocycles. The van der Waals surface area contributed by atoms with Gasteiger partial charge in [-0.15, -0.1) is 0 Å². The fraction of sp³-hybridized carbons (Fsp3) is 0.400. The maximum absolute atomic E-state index is 10.9. The molecular formula is C15H16N4O2. The highest BCUT2D eigenvalue weighted by Gasteiger charge is 2.58. The highest BCUT2D eigenvalue weighted by atomic mass is 16.4. The molecule has 1 unspecified atom stereocenters. The SMILES string of the molecule is O=C(O)N1CC2[C@@H](C1)[C@H]2c1ccn(Cc2ccccn2)n1. The lowest BCUT2D eigenvalue weighted by Gasteiger charge is -2.14. The molecule has 6 nitrogen and oxygen atoms in total. The lowest BCUT2D eigenvalue weighted by Crippen LogP contribution is -2.29. The summed E-state index contributed by atoms with van der Waals surface area (Å²) in [5.74, 6) is 1.35. The van der Waals surface area contributed by atoms with Gasteiger partial charge in [-0.1, -0.05) is 6.07 Å². The van der Waals surface area contributed by atoms with Gasteiger partial charge in [0.2, 0.25) is 0 Å². The van der Waals surface area contributed by atoms with Gasteiger partial charge in [-0.3, -0.25) is 9.67 Å². The Morgan fingerprint density at radius 1 is 1.29 bits per heavy atom. The van der Waals surface area contributed by atoms with E-state index in [1.165, 1.54) is 4.90 Å². The highest BCUT2D eigenvalue weighted by Crippen LogP contribution is 2.57. The third-order valence-electron chi connectivity index (χ3n) is 4.52. The summed E-state index contributed by atoms with van der Waals surface area (Å²) in [7, 11) is 0. The molecular weight excluding hydrogens is 268 g/mol. The van der Waals surface area contributed by atoms with Crippen molar-refractivity contribution in [1.29, 1.82) is 0 Å². The zero-order chi connectivity index (χ0) is 14.4. The van der Waals surface area contributed by atoms with Crippen LogP contribution in [0.15, 0.2) is 36.7 Å². The summed E-state index contributed by atoms with van der Waals surface area (Å²) >= 11 is 0. The average Bonchev–Trinajstić information content (AvgIpc) is 2.86. The Labute approximate surface area is 122 Å². The van der Waals surface area contributed by atoms with Gasteiger partial charge in [0.1, 0.15) is 0 Å². The molecule has 3 atom stereocenters. The number of amides is 1. The van der Waals surface area contributed by atoms with Crippen LogP contribution in [0.5, 0.6) is 0 Å². The Kier molecular flexibility index (Phi) is 2.70. The van der Waals surface area contributed by atoms with E-state index in [4.69, 9.17) is 5.11 Å². The van der Waals surface area contributed by atoms with Crippen molar-refractivity contribution in [2.45, 2.75) is 12.5 Å². The lowest BCUT2D eigenvalue weighted by molar-refractivity contribution is 0.150. The normalized spacial score (nSPS) is 26.7. The molecule has 21 heavy (non-hydrogen) atoms. The zero-order valence-electron chi connectivity index (χ0n) is 11.5. The van der Waals surface area contributed by atoms with Crippen molar-refractivity contribution < 1.29 is 9.90 Å². The first-order chi connectivity index (χ1) is 10.2. The number of carboxylic acid groups (broad SMARTS) is 1. The van der Waals surface area contributed by atoms with Crippen LogP contribution in [0, 0.1) is 11.8 Å². The molecule has 2 aromatic heterocycles. The second-order valence-electron chi connectivity index (χ2n) is 5.80. The van der Waals surface area contributed by atoms with Crippen molar-refractivity contribution in [1.82, 2.24) is 19.7 Å². The molecule has 0 spiro atoms. The summed E-state index contributed by atoms with van der Waals surface area (Å²) in [4.78, 5) is 16.7. The third kappa shape index (κ3) is 2.16. The van der Waals surface area contributed by atoms with Crippen LogP contribution in [0.4, 0.5) is 4.79 Å². The number of piperidine rings is 1. The molecule has 1 saturated carbocycles. The standard InChI is InChI=1S/C15H16N4O2/c20-15(21)18-8-11-12(9-18)14(11)13-4-6-19(17-13)7-10-3-1-2-5-16-10/h1-6,11-12,14H,7-9H2,(H,20,21)/t11-,12?,14-/m1/s1. The first kappa shape index (κ1) is 12.4. The molecule has 1 amide bonds. The topological polar surface area (TPSA) is 71.2 Å². The van der Waals surface area contributed by atoms with Crippen LogP contribution in [-0.4, -0.2) is 44.0 Å². The molecule has 0 aromatic carbocycles. The van der Waals surface area contributed by atoms with Gasteiger partial charge in [-0.25, -0.2) is 4.79 Å². The molecule has 1 N–H and O–H groups in total. The predicted octanol–water partition coefficient (Wildman–Crippen LogP) is 1.65.